The van der Waals surface area contributed by atoms with Gasteiger partial charge in [0.05, 0.1) is 0 Å². The Kier molecular flexibility index (Phi) is 3.70. The van der Waals surface area contributed by atoms with E-state index in [1.54, 1.807) is 0 Å². The quantitative estimate of drug-likeness (QED) is 0.863. The summed E-state index contributed by atoms with van der Waals surface area (Å²) in [4.78, 5) is 0. The van der Waals surface area contributed by atoms with Gasteiger partial charge in [-0.15, -0.1) is 0 Å². The first-order chi connectivity index (χ1) is 7.18. The Labute approximate surface area is 104 Å². The van der Waals surface area contributed by atoms with Crippen LogP contribution in [0, 0.1) is 5.92 Å². The van der Waals surface area contributed by atoms with Crippen LogP contribution in [-0.2, 0) is 0 Å². The van der Waals surface area contributed by atoms with Crippen molar-refractivity contribution < 1.29 is 0 Å². The molecule has 2 rings (SSSR count). The number of halogens is 2. The molecule has 1 nitrogen and oxygen atoms in total. The monoisotopic (exact) mass is 287 g/mol. The molecule has 1 aliphatic rings. The maximum absolute atomic E-state index is 6.25. The second-order valence-electron chi connectivity index (χ2n) is 4.24. The molecule has 0 bridgehead atoms. The molecule has 1 aromatic carbocycles. The first-order valence-electron chi connectivity index (χ1n) is 5.39. The molecule has 1 saturated carbocycles. The molecular weight excluding hydrogens is 273 g/mol. The predicted molar refractivity (Wildman–Crippen MR) is 68.0 cm³/mol. The highest BCUT2D eigenvalue weighted by Crippen LogP contribution is 2.37. The first kappa shape index (κ1) is 11.4. The third-order valence-electron chi connectivity index (χ3n) is 3.23. The highest BCUT2D eigenvalue weighted by molar-refractivity contribution is 9.10. The lowest BCUT2D eigenvalue weighted by molar-refractivity contribution is 0.445. The molecule has 0 heterocycles. The zero-order valence-electron chi connectivity index (χ0n) is 8.55. The number of rotatable bonds is 2. The normalized spacial score (nSPS) is 19.4. The van der Waals surface area contributed by atoms with Gasteiger partial charge in [-0.3, -0.25) is 0 Å². The van der Waals surface area contributed by atoms with Crippen LogP contribution in [-0.4, -0.2) is 0 Å². The third-order valence-corrected chi connectivity index (χ3v) is 4.05. The van der Waals surface area contributed by atoms with Gasteiger partial charge in [-0.1, -0.05) is 46.4 Å². The van der Waals surface area contributed by atoms with E-state index in [0.717, 1.165) is 15.1 Å². The molecule has 0 amide bonds. The molecule has 2 N–H and O–H groups in total. The summed E-state index contributed by atoms with van der Waals surface area (Å²) < 4.78 is 1.01. The zero-order chi connectivity index (χ0) is 10.8. The van der Waals surface area contributed by atoms with Gasteiger partial charge in [-0.25, -0.2) is 0 Å². The summed E-state index contributed by atoms with van der Waals surface area (Å²) in [5.41, 5.74) is 7.34. The maximum atomic E-state index is 6.25. The minimum atomic E-state index is 0.105. The molecule has 1 aliphatic carbocycles. The van der Waals surface area contributed by atoms with Crippen LogP contribution in [0.1, 0.15) is 37.3 Å². The molecule has 3 heteroatoms. The Hall–Kier alpha value is -0.0500. The highest BCUT2D eigenvalue weighted by Gasteiger charge is 2.24. The van der Waals surface area contributed by atoms with E-state index in [4.69, 9.17) is 17.3 Å². The van der Waals surface area contributed by atoms with Crippen molar-refractivity contribution in [3.8, 4) is 0 Å². The van der Waals surface area contributed by atoms with Gasteiger partial charge in [0, 0.05) is 15.5 Å². The van der Waals surface area contributed by atoms with Gasteiger partial charge in [0.25, 0.3) is 0 Å². The van der Waals surface area contributed by atoms with Crippen LogP contribution in [0.5, 0.6) is 0 Å². The average molecular weight is 289 g/mol. The molecular formula is C12H15BrClN. The smallest absolute Gasteiger partial charge is 0.0465 e. The molecule has 1 fully saturated rings. The summed E-state index contributed by atoms with van der Waals surface area (Å²) in [6.45, 7) is 0. The fourth-order valence-electron chi connectivity index (χ4n) is 2.34. The Morgan fingerprint density at radius 2 is 2.00 bits per heavy atom. The molecule has 0 radical (unpaired) electrons. The number of nitrogens with two attached hydrogens (primary N) is 1. The summed E-state index contributed by atoms with van der Waals surface area (Å²) >= 11 is 9.60. The zero-order valence-corrected chi connectivity index (χ0v) is 10.9. The molecule has 0 spiro atoms. The lowest BCUT2D eigenvalue weighted by Crippen LogP contribution is -2.19. The van der Waals surface area contributed by atoms with E-state index in [1.165, 1.54) is 25.7 Å². The second kappa shape index (κ2) is 4.86. The second-order valence-corrected chi connectivity index (χ2v) is 5.56. The van der Waals surface area contributed by atoms with E-state index in [-0.39, 0.29) is 6.04 Å². The summed E-state index contributed by atoms with van der Waals surface area (Å²) in [5.74, 6) is 0.615. The van der Waals surface area contributed by atoms with Crippen molar-refractivity contribution in [3.63, 3.8) is 0 Å². The summed E-state index contributed by atoms with van der Waals surface area (Å²) in [5, 5.41) is 0.781. The Morgan fingerprint density at radius 3 is 2.60 bits per heavy atom. The molecule has 82 valence electrons. The minimum Gasteiger partial charge on any atom is -0.324 e. The fraction of sp³-hybridized carbons (Fsp3) is 0.500. The van der Waals surface area contributed by atoms with Gasteiger partial charge in [0.15, 0.2) is 0 Å². The lowest BCUT2D eigenvalue weighted by Gasteiger charge is -2.20. The van der Waals surface area contributed by atoms with Crippen LogP contribution in [0.3, 0.4) is 0 Å². The summed E-state index contributed by atoms with van der Waals surface area (Å²) in [6, 6.07) is 6.07. The number of benzene rings is 1. The van der Waals surface area contributed by atoms with E-state index in [2.05, 4.69) is 15.9 Å². The fourth-order valence-corrected chi connectivity index (χ4v) is 3.14. The SMILES string of the molecule is NC(c1ccc(Br)cc1Cl)C1CCCC1. The van der Waals surface area contributed by atoms with Crippen molar-refractivity contribution in [3.05, 3.63) is 33.3 Å². The summed E-state index contributed by atoms with van der Waals surface area (Å²) in [7, 11) is 0. The van der Waals surface area contributed by atoms with Crippen LogP contribution in [0.15, 0.2) is 22.7 Å². The molecule has 1 atom stereocenters. The molecule has 0 aromatic heterocycles. The number of hydrogen-bond acceptors (Lipinski definition) is 1. The summed E-state index contributed by atoms with van der Waals surface area (Å²) in [6.07, 6.45) is 5.11. The number of hydrogen-bond donors (Lipinski definition) is 1. The van der Waals surface area contributed by atoms with Crippen molar-refractivity contribution in [1.82, 2.24) is 0 Å². The largest absolute Gasteiger partial charge is 0.324 e. The first-order valence-corrected chi connectivity index (χ1v) is 6.56. The van der Waals surface area contributed by atoms with E-state index in [1.807, 2.05) is 18.2 Å². The van der Waals surface area contributed by atoms with Crippen molar-refractivity contribution in [2.75, 3.05) is 0 Å². The van der Waals surface area contributed by atoms with Crippen LogP contribution in [0.4, 0.5) is 0 Å². The topological polar surface area (TPSA) is 26.0 Å². The molecule has 15 heavy (non-hydrogen) atoms. The van der Waals surface area contributed by atoms with E-state index in [9.17, 15) is 0 Å². The van der Waals surface area contributed by atoms with E-state index >= 15 is 0 Å². The molecule has 1 aromatic rings. The Morgan fingerprint density at radius 1 is 1.33 bits per heavy atom. The van der Waals surface area contributed by atoms with Crippen molar-refractivity contribution in [1.29, 1.82) is 0 Å². The van der Waals surface area contributed by atoms with Crippen molar-refractivity contribution >= 4 is 27.5 Å². The van der Waals surface area contributed by atoms with Crippen LogP contribution in [0.25, 0.3) is 0 Å². The van der Waals surface area contributed by atoms with Crippen molar-refractivity contribution in [2.24, 2.45) is 11.7 Å². The predicted octanol–water partition coefficient (Wildman–Crippen LogP) is 4.29. The van der Waals surface area contributed by atoms with E-state index in [0.29, 0.717) is 5.92 Å². The van der Waals surface area contributed by atoms with Crippen LogP contribution < -0.4 is 5.73 Å². The highest BCUT2D eigenvalue weighted by atomic mass is 79.9. The van der Waals surface area contributed by atoms with Gasteiger partial charge in [0.2, 0.25) is 0 Å². The van der Waals surface area contributed by atoms with Crippen LogP contribution in [0.2, 0.25) is 5.02 Å². The lowest BCUT2D eigenvalue weighted by atomic mass is 9.92. The standard InChI is InChI=1S/C12H15BrClN/c13-9-5-6-10(11(14)7-9)12(15)8-3-1-2-4-8/h5-8,12H,1-4,15H2. The van der Waals surface area contributed by atoms with Gasteiger partial charge >= 0.3 is 0 Å². The minimum absolute atomic E-state index is 0.105. The molecule has 1 unspecified atom stereocenters. The van der Waals surface area contributed by atoms with Gasteiger partial charge in [-0.2, -0.15) is 0 Å². The average Bonchev–Trinajstić information content (AvgIpc) is 2.69. The van der Waals surface area contributed by atoms with Crippen molar-refractivity contribution in [2.45, 2.75) is 31.7 Å². The van der Waals surface area contributed by atoms with Gasteiger partial charge < -0.3 is 5.73 Å². The molecule has 0 aliphatic heterocycles. The van der Waals surface area contributed by atoms with Crippen LogP contribution >= 0.6 is 27.5 Å². The Bertz CT molecular complexity index is 347. The molecule has 0 saturated heterocycles. The van der Waals surface area contributed by atoms with E-state index < -0.39 is 0 Å². The maximum Gasteiger partial charge on any atom is 0.0465 e. The Balaban J connectivity index is 2.20. The van der Waals surface area contributed by atoms with Gasteiger partial charge in [-0.05, 0) is 36.5 Å². The van der Waals surface area contributed by atoms with Gasteiger partial charge in [0.1, 0.15) is 0 Å². The third kappa shape index (κ3) is 2.55.